The van der Waals surface area contributed by atoms with E-state index in [1.807, 2.05) is 13.1 Å². The molecule has 1 N–H and O–H groups in total. The Labute approximate surface area is 88.2 Å². The Kier molecular flexibility index (Phi) is 4.05. The van der Waals surface area contributed by atoms with Crippen molar-refractivity contribution in [3.8, 4) is 5.75 Å². The molecule has 0 aromatic heterocycles. The van der Waals surface area contributed by atoms with Crippen LogP contribution in [-0.4, -0.2) is 25.6 Å². The molecule has 0 heterocycles. The topological polar surface area (TPSA) is 64.4 Å². The monoisotopic (exact) mass is 210 g/mol. The van der Waals surface area contributed by atoms with E-state index in [0.29, 0.717) is 5.75 Å². The lowest BCUT2D eigenvalue weighted by atomic mass is 10.1. The van der Waals surface area contributed by atoms with E-state index in [1.165, 1.54) is 7.11 Å². The van der Waals surface area contributed by atoms with Gasteiger partial charge >= 0.3 is 5.69 Å². The van der Waals surface area contributed by atoms with Crippen LogP contribution >= 0.6 is 0 Å². The van der Waals surface area contributed by atoms with Crippen molar-refractivity contribution in [3.63, 3.8) is 0 Å². The second-order valence-electron chi connectivity index (χ2n) is 3.12. The molecule has 5 heteroatoms. The number of nitro benzene ring substituents is 1. The van der Waals surface area contributed by atoms with Crippen LogP contribution in [0.5, 0.6) is 5.75 Å². The Morgan fingerprint density at radius 3 is 2.80 bits per heavy atom. The van der Waals surface area contributed by atoms with Gasteiger partial charge in [0, 0.05) is 6.07 Å². The number of hydrogen-bond acceptors (Lipinski definition) is 4. The fraction of sp³-hybridized carbons (Fsp3) is 0.400. The second kappa shape index (κ2) is 5.31. The molecule has 0 unspecified atom stereocenters. The number of likely N-dealkylation sites (N-methyl/N-ethyl adjacent to an activating group) is 1. The number of methoxy groups -OCH3 is 1. The molecule has 0 aliphatic heterocycles. The van der Waals surface area contributed by atoms with Gasteiger partial charge in [-0.25, -0.2) is 0 Å². The minimum absolute atomic E-state index is 0.0195. The summed E-state index contributed by atoms with van der Waals surface area (Å²) >= 11 is 0. The summed E-state index contributed by atoms with van der Waals surface area (Å²) in [4.78, 5) is 10.3. The lowest BCUT2D eigenvalue weighted by molar-refractivity contribution is -0.385. The molecule has 0 fully saturated rings. The first kappa shape index (κ1) is 11.5. The molecule has 0 aliphatic carbocycles. The van der Waals surface area contributed by atoms with Gasteiger partial charge in [-0.05, 0) is 31.6 Å². The van der Waals surface area contributed by atoms with Gasteiger partial charge < -0.3 is 10.1 Å². The third-order valence-electron chi connectivity index (χ3n) is 2.10. The number of benzene rings is 1. The molecule has 1 rings (SSSR count). The van der Waals surface area contributed by atoms with Crippen LogP contribution in [0, 0.1) is 10.1 Å². The Morgan fingerprint density at radius 2 is 2.27 bits per heavy atom. The minimum Gasteiger partial charge on any atom is -0.490 e. The van der Waals surface area contributed by atoms with Crippen molar-refractivity contribution < 1.29 is 9.66 Å². The van der Waals surface area contributed by atoms with Crippen molar-refractivity contribution >= 4 is 5.69 Å². The number of nitrogens with one attached hydrogen (secondary N) is 1. The SMILES string of the molecule is CNCCc1ccc(OC)c([N+](=O)[O-])c1. The smallest absolute Gasteiger partial charge is 0.311 e. The first-order chi connectivity index (χ1) is 7.19. The van der Waals surface area contributed by atoms with Gasteiger partial charge in [0.2, 0.25) is 0 Å². The van der Waals surface area contributed by atoms with Crippen molar-refractivity contribution in [3.05, 3.63) is 33.9 Å². The van der Waals surface area contributed by atoms with Gasteiger partial charge in [0.25, 0.3) is 0 Å². The molecule has 0 bridgehead atoms. The zero-order valence-corrected chi connectivity index (χ0v) is 8.82. The van der Waals surface area contributed by atoms with Gasteiger partial charge in [0.05, 0.1) is 12.0 Å². The number of rotatable bonds is 5. The van der Waals surface area contributed by atoms with E-state index in [-0.39, 0.29) is 5.69 Å². The highest BCUT2D eigenvalue weighted by Crippen LogP contribution is 2.27. The lowest BCUT2D eigenvalue weighted by Crippen LogP contribution is -2.10. The van der Waals surface area contributed by atoms with E-state index in [9.17, 15) is 10.1 Å². The van der Waals surface area contributed by atoms with Gasteiger partial charge in [-0.3, -0.25) is 10.1 Å². The van der Waals surface area contributed by atoms with Crippen molar-refractivity contribution in [1.82, 2.24) is 5.32 Å². The van der Waals surface area contributed by atoms with E-state index in [1.54, 1.807) is 12.1 Å². The Hall–Kier alpha value is -1.62. The average Bonchev–Trinajstić information content (AvgIpc) is 2.25. The number of nitrogens with zero attached hydrogens (tertiary/aromatic N) is 1. The third-order valence-corrected chi connectivity index (χ3v) is 2.10. The van der Waals surface area contributed by atoms with E-state index in [0.717, 1.165) is 18.5 Å². The van der Waals surface area contributed by atoms with E-state index in [4.69, 9.17) is 4.74 Å². The van der Waals surface area contributed by atoms with Crippen molar-refractivity contribution in [1.29, 1.82) is 0 Å². The molecule has 0 saturated carbocycles. The molecule has 0 aliphatic rings. The zero-order valence-electron chi connectivity index (χ0n) is 8.82. The van der Waals surface area contributed by atoms with Crippen LogP contribution in [0.2, 0.25) is 0 Å². The van der Waals surface area contributed by atoms with Crippen LogP contribution in [0.25, 0.3) is 0 Å². The summed E-state index contributed by atoms with van der Waals surface area (Å²) in [6.07, 6.45) is 0.765. The van der Waals surface area contributed by atoms with Gasteiger partial charge in [-0.1, -0.05) is 6.07 Å². The fourth-order valence-corrected chi connectivity index (χ4v) is 1.30. The summed E-state index contributed by atoms with van der Waals surface area (Å²) in [6, 6.07) is 5.02. The largest absolute Gasteiger partial charge is 0.490 e. The highest BCUT2D eigenvalue weighted by Gasteiger charge is 2.14. The number of ether oxygens (including phenoxy) is 1. The maximum Gasteiger partial charge on any atom is 0.311 e. The van der Waals surface area contributed by atoms with Crippen molar-refractivity contribution in [2.24, 2.45) is 0 Å². The standard InChI is InChI=1S/C10H14N2O3/c1-11-6-5-8-3-4-10(15-2)9(7-8)12(13)14/h3-4,7,11H,5-6H2,1-2H3. The van der Waals surface area contributed by atoms with Gasteiger partial charge in [-0.15, -0.1) is 0 Å². The number of hydrogen-bond donors (Lipinski definition) is 1. The van der Waals surface area contributed by atoms with Crippen molar-refractivity contribution in [2.45, 2.75) is 6.42 Å². The maximum atomic E-state index is 10.7. The molecule has 0 radical (unpaired) electrons. The molecule has 1 aromatic rings. The molecule has 15 heavy (non-hydrogen) atoms. The third kappa shape index (κ3) is 2.92. The molecule has 5 nitrogen and oxygen atoms in total. The van der Waals surface area contributed by atoms with Crippen LogP contribution in [0.3, 0.4) is 0 Å². The van der Waals surface area contributed by atoms with Crippen LogP contribution in [0.1, 0.15) is 5.56 Å². The summed E-state index contributed by atoms with van der Waals surface area (Å²) in [5.74, 6) is 0.299. The molecule has 1 aromatic carbocycles. The van der Waals surface area contributed by atoms with Crippen LogP contribution in [0.15, 0.2) is 18.2 Å². The highest BCUT2D eigenvalue weighted by molar-refractivity contribution is 5.48. The molecular weight excluding hydrogens is 196 g/mol. The lowest BCUT2D eigenvalue weighted by Gasteiger charge is -2.04. The summed E-state index contributed by atoms with van der Waals surface area (Å²) < 4.78 is 4.91. The van der Waals surface area contributed by atoms with Gasteiger partial charge in [0.1, 0.15) is 0 Å². The molecule has 0 saturated heterocycles. The Bertz CT molecular complexity index is 353. The zero-order chi connectivity index (χ0) is 11.3. The number of nitro groups is 1. The molecule has 0 amide bonds. The first-order valence-corrected chi connectivity index (χ1v) is 4.65. The quantitative estimate of drug-likeness (QED) is 0.588. The summed E-state index contributed by atoms with van der Waals surface area (Å²) in [5.41, 5.74) is 0.947. The predicted molar refractivity (Wildman–Crippen MR) is 57.3 cm³/mol. The normalized spacial score (nSPS) is 10.0. The summed E-state index contributed by atoms with van der Waals surface area (Å²) in [5, 5.41) is 13.7. The maximum absolute atomic E-state index is 10.7. The van der Waals surface area contributed by atoms with Crippen LogP contribution in [0.4, 0.5) is 5.69 Å². The highest BCUT2D eigenvalue weighted by atomic mass is 16.6. The van der Waals surface area contributed by atoms with E-state index < -0.39 is 4.92 Å². The second-order valence-corrected chi connectivity index (χ2v) is 3.12. The van der Waals surface area contributed by atoms with Gasteiger partial charge in [0.15, 0.2) is 5.75 Å². The predicted octanol–water partition coefficient (Wildman–Crippen LogP) is 1.37. The van der Waals surface area contributed by atoms with E-state index >= 15 is 0 Å². The van der Waals surface area contributed by atoms with Crippen LogP contribution in [-0.2, 0) is 6.42 Å². The minimum atomic E-state index is -0.429. The van der Waals surface area contributed by atoms with Crippen molar-refractivity contribution in [2.75, 3.05) is 20.7 Å². The molecular formula is C10H14N2O3. The molecule has 0 spiro atoms. The van der Waals surface area contributed by atoms with Crippen LogP contribution < -0.4 is 10.1 Å². The summed E-state index contributed by atoms with van der Waals surface area (Å²) in [6.45, 7) is 0.795. The average molecular weight is 210 g/mol. The summed E-state index contributed by atoms with van der Waals surface area (Å²) in [7, 11) is 3.27. The Balaban J connectivity index is 2.94. The first-order valence-electron chi connectivity index (χ1n) is 4.65. The Morgan fingerprint density at radius 1 is 1.53 bits per heavy atom. The van der Waals surface area contributed by atoms with Gasteiger partial charge in [-0.2, -0.15) is 0 Å². The molecule has 82 valence electrons. The van der Waals surface area contributed by atoms with E-state index in [2.05, 4.69) is 5.32 Å². The molecule has 0 atom stereocenters. The fourth-order valence-electron chi connectivity index (χ4n) is 1.30.